The summed E-state index contributed by atoms with van der Waals surface area (Å²) in [6.45, 7) is 0.500. The van der Waals surface area contributed by atoms with Gasteiger partial charge in [0.05, 0.1) is 5.56 Å². The summed E-state index contributed by atoms with van der Waals surface area (Å²) in [5.74, 6) is -0.254. The first-order valence-electron chi connectivity index (χ1n) is 6.25. The maximum atomic E-state index is 13.2. The van der Waals surface area contributed by atoms with Crippen molar-refractivity contribution in [2.75, 3.05) is 11.9 Å². The topological polar surface area (TPSA) is 61.8 Å². The van der Waals surface area contributed by atoms with Gasteiger partial charge in [-0.2, -0.15) is 0 Å². The monoisotopic (exact) mass is 351 g/mol. The molecule has 0 aliphatic carbocycles. The van der Waals surface area contributed by atoms with E-state index in [-0.39, 0.29) is 11.7 Å². The molecule has 110 valence electrons. The van der Waals surface area contributed by atoms with Gasteiger partial charge < -0.3 is 15.8 Å². The minimum absolute atomic E-state index is 0.0172. The van der Waals surface area contributed by atoms with Crippen molar-refractivity contribution in [1.29, 1.82) is 0 Å². The van der Waals surface area contributed by atoms with Crippen molar-refractivity contribution < 1.29 is 9.60 Å². The second kappa shape index (κ2) is 6.58. The molecule has 0 aromatic heterocycles. The molecule has 0 spiro atoms. The maximum Gasteiger partial charge on any atom is 0.173 e. The van der Waals surface area contributed by atoms with Crippen LogP contribution in [0.4, 0.5) is 10.1 Å². The Morgan fingerprint density at radius 1 is 1.33 bits per heavy atom. The molecule has 3 N–H and O–H groups in total. The summed E-state index contributed by atoms with van der Waals surface area (Å²) >= 11 is 3.40. The molecule has 0 unspecified atom stereocenters. The number of nitrogens with zero attached hydrogens (tertiary/aromatic N) is 2. The van der Waals surface area contributed by atoms with Crippen molar-refractivity contribution in [2.45, 2.75) is 6.54 Å². The van der Waals surface area contributed by atoms with Crippen molar-refractivity contribution in [2.24, 2.45) is 10.9 Å². The molecule has 0 atom stereocenters. The van der Waals surface area contributed by atoms with Crippen LogP contribution in [-0.2, 0) is 6.54 Å². The molecule has 0 bridgehead atoms. The Hall–Kier alpha value is -2.08. The number of anilines is 1. The summed E-state index contributed by atoms with van der Waals surface area (Å²) in [5.41, 5.74) is 7.95. The molecule has 0 aliphatic heterocycles. The first-order chi connectivity index (χ1) is 10.0. The zero-order valence-electron chi connectivity index (χ0n) is 11.4. The van der Waals surface area contributed by atoms with E-state index >= 15 is 0 Å². The number of oxime groups is 1. The lowest BCUT2D eigenvalue weighted by atomic mass is 10.1. The molecule has 2 rings (SSSR count). The minimum Gasteiger partial charge on any atom is -0.409 e. The van der Waals surface area contributed by atoms with E-state index in [4.69, 9.17) is 10.9 Å². The Kier molecular flexibility index (Phi) is 4.80. The van der Waals surface area contributed by atoms with Gasteiger partial charge in [-0.15, -0.1) is 0 Å². The van der Waals surface area contributed by atoms with Gasteiger partial charge in [-0.1, -0.05) is 23.4 Å². The highest BCUT2D eigenvalue weighted by Gasteiger charge is 2.14. The van der Waals surface area contributed by atoms with Crippen LogP contribution in [0, 0.1) is 5.82 Å². The number of hydrogen-bond acceptors (Lipinski definition) is 3. The largest absolute Gasteiger partial charge is 0.409 e. The number of halogens is 2. The Labute approximate surface area is 130 Å². The minimum atomic E-state index is -0.271. The van der Waals surface area contributed by atoms with Crippen molar-refractivity contribution in [3.05, 3.63) is 63.9 Å². The number of benzene rings is 2. The zero-order chi connectivity index (χ0) is 15.4. The summed E-state index contributed by atoms with van der Waals surface area (Å²) < 4.78 is 14.0. The molecule has 0 heterocycles. The van der Waals surface area contributed by atoms with E-state index in [1.165, 1.54) is 12.1 Å². The van der Waals surface area contributed by atoms with Crippen LogP contribution in [0.2, 0.25) is 0 Å². The van der Waals surface area contributed by atoms with Crippen LogP contribution in [0.15, 0.2) is 52.1 Å². The Bertz CT molecular complexity index is 676. The van der Waals surface area contributed by atoms with Gasteiger partial charge in [0.25, 0.3) is 0 Å². The summed E-state index contributed by atoms with van der Waals surface area (Å²) in [6, 6.07) is 11.9. The molecular formula is C15H15BrFN3O. The van der Waals surface area contributed by atoms with E-state index in [0.29, 0.717) is 12.1 Å². The normalized spacial score (nSPS) is 11.5. The van der Waals surface area contributed by atoms with Gasteiger partial charge >= 0.3 is 0 Å². The van der Waals surface area contributed by atoms with E-state index in [1.54, 1.807) is 6.07 Å². The number of nitrogens with two attached hydrogens (primary N) is 1. The molecule has 0 fully saturated rings. The van der Waals surface area contributed by atoms with Crippen LogP contribution in [0.5, 0.6) is 0 Å². The highest BCUT2D eigenvalue weighted by molar-refractivity contribution is 9.10. The second-order valence-electron chi connectivity index (χ2n) is 4.61. The van der Waals surface area contributed by atoms with Gasteiger partial charge in [0.2, 0.25) is 0 Å². The van der Waals surface area contributed by atoms with Gasteiger partial charge in [-0.3, -0.25) is 0 Å². The first kappa shape index (κ1) is 15.3. The van der Waals surface area contributed by atoms with E-state index < -0.39 is 0 Å². The summed E-state index contributed by atoms with van der Waals surface area (Å²) in [6.07, 6.45) is 0. The van der Waals surface area contributed by atoms with Crippen LogP contribution in [0.25, 0.3) is 0 Å². The van der Waals surface area contributed by atoms with Crippen LogP contribution in [0.3, 0.4) is 0 Å². The van der Waals surface area contributed by atoms with Crippen LogP contribution >= 0.6 is 15.9 Å². The van der Waals surface area contributed by atoms with Gasteiger partial charge in [0, 0.05) is 23.8 Å². The fourth-order valence-corrected chi connectivity index (χ4v) is 2.69. The van der Waals surface area contributed by atoms with Gasteiger partial charge in [-0.05, 0) is 45.8 Å². The fourth-order valence-electron chi connectivity index (χ4n) is 2.13. The maximum absolute atomic E-state index is 13.2. The molecule has 0 amide bonds. The smallest absolute Gasteiger partial charge is 0.173 e. The number of rotatable bonds is 4. The lowest BCUT2D eigenvalue weighted by Gasteiger charge is -2.23. The molecule has 21 heavy (non-hydrogen) atoms. The zero-order valence-corrected chi connectivity index (χ0v) is 13.0. The molecular weight excluding hydrogens is 337 g/mol. The molecule has 0 saturated heterocycles. The van der Waals surface area contributed by atoms with Gasteiger partial charge in [-0.25, -0.2) is 4.39 Å². The molecule has 0 saturated carbocycles. The van der Waals surface area contributed by atoms with E-state index in [1.807, 2.05) is 36.2 Å². The second-order valence-corrected chi connectivity index (χ2v) is 5.46. The van der Waals surface area contributed by atoms with Crippen molar-refractivity contribution >= 4 is 27.5 Å². The van der Waals surface area contributed by atoms with Crippen LogP contribution in [-0.4, -0.2) is 18.1 Å². The highest BCUT2D eigenvalue weighted by Crippen LogP contribution is 2.28. The molecule has 2 aromatic rings. The Balaban J connectivity index is 2.35. The molecule has 4 nitrogen and oxygen atoms in total. The predicted molar refractivity (Wildman–Crippen MR) is 85.2 cm³/mol. The third-order valence-electron chi connectivity index (χ3n) is 3.08. The molecule has 6 heteroatoms. The SMILES string of the molecule is CN(Cc1cccc(F)c1)c1cccc(Br)c1/C(N)=N/O. The summed E-state index contributed by atoms with van der Waals surface area (Å²) in [7, 11) is 1.86. The molecule has 2 aromatic carbocycles. The van der Waals surface area contributed by atoms with E-state index in [0.717, 1.165) is 15.7 Å². The number of amidine groups is 1. The fraction of sp³-hybridized carbons (Fsp3) is 0.133. The van der Waals surface area contributed by atoms with Crippen LogP contribution in [0.1, 0.15) is 11.1 Å². The lowest BCUT2D eigenvalue weighted by Crippen LogP contribution is -2.23. The van der Waals surface area contributed by atoms with Gasteiger partial charge in [0.15, 0.2) is 5.84 Å². The van der Waals surface area contributed by atoms with Crippen molar-refractivity contribution in [1.82, 2.24) is 0 Å². The van der Waals surface area contributed by atoms with Gasteiger partial charge in [0.1, 0.15) is 5.82 Å². The average Bonchev–Trinajstić information content (AvgIpc) is 2.46. The average molecular weight is 352 g/mol. The Morgan fingerprint density at radius 3 is 2.71 bits per heavy atom. The van der Waals surface area contributed by atoms with E-state index in [9.17, 15) is 4.39 Å². The van der Waals surface area contributed by atoms with Crippen LogP contribution < -0.4 is 10.6 Å². The van der Waals surface area contributed by atoms with E-state index in [2.05, 4.69) is 21.1 Å². The highest BCUT2D eigenvalue weighted by atomic mass is 79.9. The summed E-state index contributed by atoms with van der Waals surface area (Å²) in [4.78, 5) is 1.91. The summed E-state index contributed by atoms with van der Waals surface area (Å²) in [5, 5.41) is 12.0. The van der Waals surface area contributed by atoms with Crippen molar-refractivity contribution in [3.63, 3.8) is 0 Å². The molecule has 0 aliphatic rings. The third kappa shape index (κ3) is 3.52. The third-order valence-corrected chi connectivity index (χ3v) is 3.74. The lowest BCUT2D eigenvalue weighted by molar-refractivity contribution is 0.318. The molecule has 0 radical (unpaired) electrons. The Morgan fingerprint density at radius 2 is 2.05 bits per heavy atom. The first-order valence-corrected chi connectivity index (χ1v) is 7.04. The standard InChI is InChI=1S/C15H15BrFN3O/c1-20(9-10-4-2-5-11(17)8-10)13-7-3-6-12(16)14(13)15(18)19-21/h2-8,21H,9H2,1H3,(H2,18,19). The van der Waals surface area contributed by atoms with Crippen molar-refractivity contribution in [3.8, 4) is 0 Å². The quantitative estimate of drug-likeness (QED) is 0.384. The predicted octanol–water partition coefficient (Wildman–Crippen LogP) is 3.32. The number of hydrogen-bond donors (Lipinski definition) is 2.